The van der Waals surface area contributed by atoms with Gasteiger partial charge >= 0.3 is 5.97 Å². The van der Waals surface area contributed by atoms with Crippen LogP contribution in [0.1, 0.15) is 42.3 Å². The van der Waals surface area contributed by atoms with Crippen molar-refractivity contribution in [2.24, 2.45) is 5.92 Å². The maximum Gasteiger partial charge on any atom is 0.338 e. The molecular weight excluding hydrogens is 318 g/mol. The fraction of sp³-hybridized carbons (Fsp3) is 0.300. The molecule has 0 atom stereocenters. The third kappa shape index (κ3) is 5.95. The van der Waals surface area contributed by atoms with Crippen LogP contribution >= 0.6 is 0 Å². The van der Waals surface area contributed by atoms with E-state index in [0.717, 1.165) is 11.1 Å². The number of ether oxygens (including phenoxy) is 1. The molecule has 1 amide bonds. The van der Waals surface area contributed by atoms with Crippen molar-refractivity contribution in [3.05, 3.63) is 65.2 Å². The molecule has 0 aromatic heterocycles. The molecule has 0 saturated carbocycles. The number of hydroxylamine groups is 1. The zero-order valence-corrected chi connectivity index (χ0v) is 14.7. The van der Waals surface area contributed by atoms with Gasteiger partial charge in [0.05, 0.1) is 5.56 Å². The van der Waals surface area contributed by atoms with Gasteiger partial charge in [0, 0.05) is 6.92 Å². The van der Waals surface area contributed by atoms with Crippen LogP contribution in [0.5, 0.6) is 5.75 Å². The molecule has 1 N–H and O–H groups in total. The fourth-order valence-corrected chi connectivity index (χ4v) is 2.34. The van der Waals surface area contributed by atoms with Gasteiger partial charge in [0.25, 0.3) is 0 Å². The lowest BCUT2D eigenvalue weighted by Gasteiger charge is -2.14. The molecule has 2 aromatic carbocycles. The van der Waals surface area contributed by atoms with E-state index in [2.05, 4.69) is 19.3 Å². The van der Waals surface area contributed by atoms with Crippen molar-refractivity contribution in [2.45, 2.75) is 33.8 Å². The third-order valence-electron chi connectivity index (χ3n) is 3.44. The lowest BCUT2D eigenvalue weighted by Crippen LogP contribution is -2.24. The molecule has 0 fully saturated rings. The van der Waals surface area contributed by atoms with Gasteiger partial charge in [-0.15, -0.1) is 0 Å². The maximum absolute atomic E-state index is 12.3. The summed E-state index contributed by atoms with van der Waals surface area (Å²) in [4.78, 5) is 28.6. The number of rotatable bonds is 7. The van der Waals surface area contributed by atoms with Crippen LogP contribution in [-0.2, 0) is 22.6 Å². The van der Waals surface area contributed by atoms with Crippen molar-refractivity contribution in [3.63, 3.8) is 0 Å². The van der Waals surface area contributed by atoms with Crippen LogP contribution in [0.15, 0.2) is 48.5 Å². The monoisotopic (exact) mass is 341 g/mol. The second-order valence-corrected chi connectivity index (χ2v) is 6.24. The summed E-state index contributed by atoms with van der Waals surface area (Å²) in [5.41, 5.74) is 4.56. The molecule has 2 rings (SSSR count). The summed E-state index contributed by atoms with van der Waals surface area (Å²) < 4.78 is 5.36. The van der Waals surface area contributed by atoms with Crippen molar-refractivity contribution in [1.82, 2.24) is 5.48 Å². The van der Waals surface area contributed by atoms with Crippen LogP contribution in [0.4, 0.5) is 0 Å². The van der Waals surface area contributed by atoms with E-state index in [0.29, 0.717) is 23.7 Å². The first-order valence-corrected chi connectivity index (χ1v) is 8.23. The minimum atomic E-state index is -0.389. The molecule has 0 saturated heterocycles. The Morgan fingerprint density at radius 1 is 1.08 bits per heavy atom. The molecule has 5 nitrogen and oxygen atoms in total. The summed E-state index contributed by atoms with van der Waals surface area (Å²) in [5, 5.41) is 0. The number of esters is 1. The molecule has 5 heteroatoms. The van der Waals surface area contributed by atoms with Gasteiger partial charge in [0.2, 0.25) is 5.91 Å². The highest BCUT2D eigenvalue weighted by atomic mass is 16.7. The largest absolute Gasteiger partial charge is 0.457 e. The molecule has 0 aliphatic heterocycles. The Kier molecular flexibility index (Phi) is 6.57. The molecule has 0 aliphatic carbocycles. The molecule has 25 heavy (non-hydrogen) atoms. The van der Waals surface area contributed by atoms with Crippen molar-refractivity contribution in [2.75, 3.05) is 0 Å². The van der Waals surface area contributed by atoms with Gasteiger partial charge in [-0.2, -0.15) is 5.48 Å². The summed E-state index contributed by atoms with van der Waals surface area (Å²) in [7, 11) is 0. The van der Waals surface area contributed by atoms with E-state index < -0.39 is 0 Å². The van der Waals surface area contributed by atoms with E-state index in [1.165, 1.54) is 6.92 Å². The summed E-state index contributed by atoms with van der Waals surface area (Å²) in [6.07, 6.45) is 0.717. The van der Waals surface area contributed by atoms with E-state index in [1.54, 1.807) is 18.2 Å². The zero-order chi connectivity index (χ0) is 18.2. The van der Waals surface area contributed by atoms with Crippen LogP contribution in [0.3, 0.4) is 0 Å². The van der Waals surface area contributed by atoms with Gasteiger partial charge in [0.1, 0.15) is 6.61 Å². The number of hydrogen-bond donors (Lipinski definition) is 1. The minimum absolute atomic E-state index is 0.226. The van der Waals surface area contributed by atoms with Crippen LogP contribution in [0.25, 0.3) is 0 Å². The summed E-state index contributed by atoms with van der Waals surface area (Å²) in [5.74, 6) is 0.223. The van der Waals surface area contributed by atoms with Crippen LogP contribution in [0.2, 0.25) is 0 Å². The SMILES string of the molecule is CC(=O)NOc1ccc(C(=O)OCc2ccccc2)cc1CC(C)C. The maximum atomic E-state index is 12.3. The second-order valence-electron chi connectivity index (χ2n) is 6.24. The van der Waals surface area contributed by atoms with Gasteiger partial charge in [-0.3, -0.25) is 4.79 Å². The Morgan fingerprint density at radius 3 is 2.44 bits per heavy atom. The standard InChI is InChI=1S/C20H23NO4/c1-14(2)11-18-12-17(9-10-19(18)25-21-15(3)22)20(23)24-13-16-7-5-4-6-8-16/h4-10,12,14H,11,13H2,1-3H3,(H,21,22). The van der Waals surface area contributed by atoms with Crippen LogP contribution < -0.4 is 10.3 Å². The Morgan fingerprint density at radius 2 is 1.80 bits per heavy atom. The zero-order valence-electron chi connectivity index (χ0n) is 14.7. The van der Waals surface area contributed by atoms with Crippen molar-refractivity contribution < 1.29 is 19.2 Å². The topological polar surface area (TPSA) is 64.6 Å². The molecule has 0 spiro atoms. The Labute approximate surface area is 147 Å². The quantitative estimate of drug-likeness (QED) is 0.616. The lowest BCUT2D eigenvalue weighted by atomic mass is 10.00. The molecule has 0 radical (unpaired) electrons. The molecule has 132 valence electrons. The number of benzene rings is 2. The summed E-state index contributed by atoms with van der Waals surface area (Å²) in [6, 6.07) is 14.6. The summed E-state index contributed by atoms with van der Waals surface area (Å²) in [6.45, 7) is 5.74. The highest BCUT2D eigenvalue weighted by molar-refractivity contribution is 5.89. The van der Waals surface area contributed by atoms with E-state index in [4.69, 9.17) is 9.57 Å². The van der Waals surface area contributed by atoms with Crippen molar-refractivity contribution in [3.8, 4) is 5.75 Å². The third-order valence-corrected chi connectivity index (χ3v) is 3.44. The molecular formula is C20H23NO4. The first-order valence-electron chi connectivity index (χ1n) is 8.23. The first kappa shape index (κ1) is 18.5. The van der Waals surface area contributed by atoms with Crippen LogP contribution in [-0.4, -0.2) is 11.9 Å². The average Bonchev–Trinajstić information content (AvgIpc) is 2.58. The van der Waals surface area contributed by atoms with Gasteiger partial charge in [-0.25, -0.2) is 4.79 Å². The lowest BCUT2D eigenvalue weighted by molar-refractivity contribution is -0.125. The molecule has 0 heterocycles. The fourth-order valence-electron chi connectivity index (χ4n) is 2.34. The number of carbonyl (C=O) groups is 2. The minimum Gasteiger partial charge on any atom is -0.457 e. The Bertz CT molecular complexity index is 726. The first-order chi connectivity index (χ1) is 12.0. The van der Waals surface area contributed by atoms with Gasteiger partial charge in [-0.05, 0) is 41.7 Å². The molecule has 2 aromatic rings. The van der Waals surface area contributed by atoms with Gasteiger partial charge < -0.3 is 9.57 Å². The van der Waals surface area contributed by atoms with Crippen molar-refractivity contribution >= 4 is 11.9 Å². The average molecular weight is 341 g/mol. The Balaban J connectivity index is 2.11. The van der Waals surface area contributed by atoms with Crippen molar-refractivity contribution in [1.29, 1.82) is 0 Å². The number of hydrogen-bond acceptors (Lipinski definition) is 4. The van der Waals surface area contributed by atoms with Gasteiger partial charge in [0.15, 0.2) is 5.75 Å². The molecule has 0 unspecified atom stereocenters. The summed E-state index contributed by atoms with van der Waals surface area (Å²) >= 11 is 0. The highest BCUT2D eigenvalue weighted by Crippen LogP contribution is 2.23. The predicted octanol–water partition coefficient (Wildman–Crippen LogP) is 3.67. The number of carbonyl (C=O) groups excluding carboxylic acids is 2. The molecule has 0 aliphatic rings. The normalized spacial score (nSPS) is 10.4. The second kappa shape index (κ2) is 8.87. The van der Waals surface area contributed by atoms with Crippen LogP contribution in [0, 0.1) is 5.92 Å². The highest BCUT2D eigenvalue weighted by Gasteiger charge is 2.14. The number of amides is 1. The molecule has 0 bridgehead atoms. The predicted molar refractivity (Wildman–Crippen MR) is 95.0 cm³/mol. The van der Waals surface area contributed by atoms with Gasteiger partial charge in [-0.1, -0.05) is 44.2 Å². The van der Waals surface area contributed by atoms with E-state index >= 15 is 0 Å². The number of nitrogens with one attached hydrogen (secondary N) is 1. The van der Waals surface area contributed by atoms with E-state index in [9.17, 15) is 9.59 Å². The van der Waals surface area contributed by atoms with E-state index in [1.807, 2.05) is 30.3 Å². The van der Waals surface area contributed by atoms with E-state index in [-0.39, 0.29) is 18.5 Å². The Hall–Kier alpha value is -2.82. The smallest absolute Gasteiger partial charge is 0.338 e.